The van der Waals surface area contributed by atoms with Crippen molar-refractivity contribution in [2.45, 2.75) is 25.7 Å². The first-order valence-electron chi connectivity index (χ1n) is 10.2. The molecule has 0 bridgehead atoms. The SMILES string of the molecule is N#Cc1cnc(Nc2ccc(CCN3CCCCC3)cc2)nc1-c1ccccc1. The molecule has 1 aromatic heterocycles. The molecule has 0 amide bonds. The van der Waals surface area contributed by atoms with Gasteiger partial charge in [0, 0.05) is 17.8 Å². The highest BCUT2D eigenvalue weighted by Crippen LogP contribution is 2.23. The largest absolute Gasteiger partial charge is 0.324 e. The molecule has 2 aromatic carbocycles. The first-order chi connectivity index (χ1) is 14.3. The highest BCUT2D eigenvalue weighted by molar-refractivity contribution is 5.68. The predicted molar refractivity (Wildman–Crippen MR) is 116 cm³/mol. The molecule has 146 valence electrons. The van der Waals surface area contributed by atoms with E-state index in [1.165, 1.54) is 37.9 Å². The Kier molecular flexibility index (Phi) is 6.13. The minimum atomic E-state index is 0.467. The Morgan fingerprint density at radius 3 is 2.45 bits per heavy atom. The lowest BCUT2D eigenvalue weighted by Gasteiger charge is -2.26. The summed E-state index contributed by atoms with van der Waals surface area (Å²) in [6.45, 7) is 3.60. The molecule has 0 unspecified atom stereocenters. The molecule has 0 atom stereocenters. The molecular weight excluding hydrogens is 358 g/mol. The Balaban J connectivity index is 1.43. The fourth-order valence-electron chi connectivity index (χ4n) is 3.69. The average molecular weight is 383 g/mol. The van der Waals surface area contributed by atoms with Crippen LogP contribution in [-0.4, -0.2) is 34.5 Å². The lowest BCUT2D eigenvalue weighted by atomic mass is 10.1. The maximum absolute atomic E-state index is 9.38. The van der Waals surface area contributed by atoms with Crippen molar-refractivity contribution in [3.05, 3.63) is 71.9 Å². The monoisotopic (exact) mass is 383 g/mol. The van der Waals surface area contributed by atoms with Crippen LogP contribution in [0.15, 0.2) is 60.8 Å². The van der Waals surface area contributed by atoms with Gasteiger partial charge in [0.1, 0.15) is 6.07 Å². The molecule has 2 heterocycles. The van der Waals surface area contributed by atoms with E-state index in [1.807, 2.05) is 30.3 Å². The molecule has 5 nitrogen and oxygen atoms in total. The minimum Gasteiger partial charge on any atom is -0.324 e. The maximum atomic E-state index is 9.38. The molecule has 0 saturated carbocycles. The Morgan fingerprint density at radius 2 is 1.72 bits per heavy atom. The van der Waals surface area contributed by atoms with Crippen molar-refractivity contribution in [1.29, 1.82) is 5.26 Å². The zero-order valence-corrected chi connectivity index (χ0v) is 16.5. The van der Waals surface area contributed by atoms with E-state index in [0.29, 0.717) is 17.2 Å². The molecule has 1 saturated heterocycles. The number of rotatable bonds is 6. The normalized spacial score (nSPS) is 14.3. The summed E-state index contributed by atoms with van der Waals surface area (Å²) in [6.07, 6.45) is 6.69. The maximum Gasteiger partial charge on any atom is 0.227 e. The predicted octanol–water partition coefficient (Wildman–Crippen LogP) is 4.79. The van der Waals surface area contributed by atoms with Gasteiger partial charge < -0.3 is 10.2 Å². The fraction of sp³-hybridized carbons (Fsp3) is 0.292. The first-order valence-corrected chi connectivity index (χ1v) is 10.2. The van der Waals surface area contributed by atoms with E-state index in [9.17, 15) is 5.26 Å². The van der Waals surface area contributed by atoms with Gasteiger partial charge in [-0.2, -0.15) is 5.26 Å². The second-order valence-corrected chi connectivity index (χ2v) is 7.41. The summed E-state index contributed by atoms with van der Waals surface area (Å²) in [4.78, 5) is 11.4. The van der Waals surface area contributed by atoms with Crippen molar-refractivity contribution in [3.63, 3.8) is 0 Å². The van der Waals surface area contributed by atoms with Crippen LogP contribution in [0.5, 0.6) is 0 Å². The second-order valence-electron chi connectivity index (χ2n) is 7.41. The van der Waals surface area contributed by atoms with Gasteiger partial charge in [0.25, 0.3) is 0 Å². The van der Waals surface area contributed by atoms with Gasteiger partial charge in [-0.15, -0.1) is 0 Å². The topological polar surface area (TPSA) is 64.8 Å². The van der Waals surface area contributed by atoms with Crippen LogP contribution in [0, 0.1) is 11.3 Å². The van der Waals surface area contributed by atoms with Crippen LogP contribution in [0.1, 0.15) is 30.4 Å². The Morgan fingerprint density at radius 1 is 0.966 bits per heavy atom. The number of hydrogen-bond acceptors (Lipinski definition) is 5. The Bertz CT molecular complexity index is 970. The van der Waals surface area contributed by atoms with Crippen molar-refractivity contribution in [2.75, 3.05) is 25.0 Å². The van der Waals surface area contributed by atoms with Crippen LogP contribution in [0.4, 0.5) is 11.6 Å². The first kappa shape index (κ1) is 19.1. The molecular formula is C24H25N5. The number of piperidine rings is 1. The zero-order chi connectivity index (χ0) is 19.9. The number of nitrogens with one attached hydrogen (secondary N) is 1. The molecule has 0 radical (unpaired) electrons. The summed E-state index contributed by atoms with van der Waals surface area (Å²) in [5.74, 6) is 0.490. The number of nitrogens with zero attached hydrogens (tertiary/aromatic N) is 4. The van der Waals surface area contributed by atoms with Crippen LogP contribution in [-0.2, 0) is 6.42 Å². The third-order valence-electron chi connectivity index (χ3n) is 5.33. The van der Waals surface area contributed by atoms with Gasteiger partial charge in [0.05, 0.1) is 17.5 Å². The molecule has 0 spiro atoms. The molecule has 5 heteroatoms. The molecule has 0 aliphatic carbocycles. The molecule has 29 heavy (non-hydrogen) atoms. The van der Waals surface area contributed by atoms with Crippen molar-refractivity contribution < 1.29 is 0 Å². The third-order valence-corrected chi connectivity index (χ3v) is 5.33. The minimum absolute atomic E-state index is 0.467. The van der Waals surface area contributed by atoms with Crippen molar-refractivity contribution in [1.82, 2.24) is 14.9 Å². The van der Waals surface area contributed by atoms with Gasteiger partial charge in [-0.1, -0.05) is 48.9 Å². The smallest absolute Gasteiger partial charge is 0.227 e. The average Bonchev–Trinajstić information content (AvgIpc) is 2.80. The molecule has 4 rings (SSSR count). The number of nitriles is 1. The fourth-order valence-corrected chi connectivity index (χ4v) is 3.69. The van der Waals surface area contributed by atoms with Crippen LogP contribution in [0.2, 0.25) is 0 Å². The summed E-state index contributed by atoms with van der Waals surface area (Å²) in [6, 6.07) is 20.3. The number of benzene rings is 2. The van der Waals surface area contributed by atoms with Crippen LogP contribution in [0.3, 0.4) is 0 Å². The molecule has 1 aliphatic rings. The van der Waals surface area contributed by atoms with E-state index in [4.69, 9.17) is 0 Å². The highest BCUT2D eigenvalue weighted by atomic mass is 15.1. The van der Waals surface area contributed by atoms with E-state index in [2.05, 4.69) is 50.5 Å². The van der Waals surface area contributed by atoms with Gasteiger partial charge in [-0.05, 0) is 50.0 Å². The quantitative estimate of drug-likeness (QED) is 0.663. The number of aromatic nitrogens is 2. The van der Waals surface area contributed by atoms with Gasteiger partial charge in [0.15, 0.2) is 0 Å². The molecule has 1 fully saturated rings. The van der Waals surface area contributed by atoms with Gasteiger partial charge in [-0.25, -0.2) is 9.97 Å². The Hall–Kier alpha value is -3.23. The standard InChI is InChI=1S/C24H25N5/c25-17-21-18-26-24(28-23(21)20-7-3-1-4-8-20)27-22-11-9-19(10-12-22)13-16-29-14-5-2-6-15-29/h1,3-4,7-12,18H,2,5-6,13-16H2,(H,26,27,28). The van der Waals surface area contributed by atoms with Gasteiger partial charge in [-0.3, -0.25) is 0 Å². The molecule has 1 aliphatic heterocycles. The van der Waals surface area contributed by atoms with E-state index in [0.717, 1.165) is 24.2 Å². The second kappa shape index (κ2) is 9.31. The lowest BCUT2D eigenvalue weighted by Crippen LogP contribution is -2.31. The van der Waals surface area contributed by atoms with E-state index in [1.54, 1.807) is 6.20 Å². The summed E-state index contributed by atoms with van der Waals surface area (Å²) in [7, 11) is 0. The van der Waals surface area contributed by atoms with E-state index < -0.39 is 0 Å². The lowest BCUT2D eigenvalue weighted by molar-refractivity contribution is 0.231. The van der Waals surface area contributed by atoms with Crippen molar-refractivity contribution in [2.24, 2.45) is 0 Å². The molecule has 1 N–H and O–H groups in total. The van der Waals surface area contributed by atoms with Crippen LogP contribution in [0.25, 0.3) is 11.3 Å². The number of hydrogen-bond donors (Lipinski definition) is 1. The van der Waals surface area contributed by atoms with Crippen LogP contribution < -0.4 is 5.32 Å². The number of likely N-dealkylation sites (tertiary alicyclic amines) is 1. The van der Waals surface area contributed by atoms with E-state index >= 15 is 0 Å². The van der Waals surface area contributed by atoms with Crippen molar-refractivity contribution in [3.8, 4) is 17.3 Å². The van der Waals surface area contributed by atoms with Crippen molar-refractivity contribution >= 4 is 11.6 Å². The third kappa shape index (κ3) is 4.98. The summed E-state index contributed by atoms with van der Waals surface area (Å²) < 4.78 is 0. The summed E-state index contributed by atoms with van der Waals surface area (Å²) >= 11 is 0. The highest BCUT2D eigenvalue weighted by Gasteiger charge is 2.11. The van der Waals surface area contributed by atoms with E-state index in [-0.39, 0.29) is 0 Å². The van der Waals surface area contributed by atoms with Gasteiger partial charge >= 0.3 is 0 Å². The summed E-state index contributed by atoms with van der Waals surface area (Å²) in [5, 5.41) is 12.6. The van der Waals surface area contributed by atoms with Crippen LogP contribution >= 0.6 is 0 Å². The molecule has 3 aromatic rings. The summed E-state index contributed by atoms with van der Waals surface area (Å²) in [5.41, 5.74) is 4.29. The number of anilines is 2. The van der Waals surface area contributed by atoms with Gasteiger partial charge in [0.2, 0.25) is 5.95 Å². The Labute approximate surface area is 172 Å². The zero-order valence-electron chi connectivity index (χ0n) is 16.5.